The van der Waals surface area contributed by atoms with Gasteiger partial charge >= 0.3 is 0 Å². The van der Waals surface area contributed by atoms with Gasteiger partial charge in [-0.2, -0.15) is 11.8 Å². The summed E-state index contributed by atoms with van der Waals surface area (Å²) in [6.07, 6.45) is 1.33. The number of hydrogen-bond acceptors (Lipinski definition) is 2. The van der Waals surface area contributed by atoms with Crippen molar-refractivity contribution in [2.45, 2.75) is 52.0 Å². The molecule has 1 saturated heterocycles. The van der Waals surface area contributed by atoms with Crippen LogP contribution in [0.25, 0.3) is 0 Å². The van der Waals surface area contributed by atoms with E-state index in [-0.39, 0.29) is 0 Å². The fourth-order valence-electron chi connectivity index (χ4n) is 2.51. The summed E-state index contributed by atoms with van der Waals surface area (Å²) in [5.41, 5.74) is 0.522. The molecule has 0 aromatic heterocycles. The smallest absolute Gasteiger partial charge is 0.105 e. The van der Waals surface area contributed by atoms with Crippen LogP contribution in [-0.4, -0.2) is 31.4 Å². The third-order valence-corrected chi connectivity index (χ3v) is 5.07. The predicted octanol–water partition coefficient (Wildman–Crippen LogP) is 1.94. The van der Waals surface area contributed by atoms with E-state index in [9.17, 15) is 0 Å². The highest BCUT2D eigenvalue weighted by molar-refractivity contribution is 7.99. The van der Waals surface area contributed by atoms with Crippen molar-refractivity contribution >= 4 is 19.6 Å². The predicted molar refractivity (Wildman–Crippen MR) is 70.1 cm³/mol. The molecule has 3 heteroatoms. The van der Waals surface area contributed by atoms with Gasteiger partial charge in [0.1, 0.15) is 7.85 Å². The second-order valence-corrected chi connectivity index (χ2v) is 6.34. The van der Waals surface area contributed by atoms with Crippen LogP contribution in [0.1, 0.15) is 34.1 Å². The largest absolute Gasteiger partial charge is 0.310 e. The average Bonchev–Trinajstić information content (AvgIpc) is 2.15. The van der Waals surface area contributed by atoms with Gasteiger partial charge in [0, 0.05) is 12.1 Å². The van der Waals surface area contributed by atoms with Gasteiger partial charge in [0.25, 0.3) is 0 Å². The molecular formula is C11H24BNS. The third kappa shape index (κ3) is 2.14. The van der Waals surface area contributed by atoms with Gasteiger partial charge in [-0.15, -0.1) is 0 Å². The van der Waals surface area contributed by atoms with Crippen LogP contribution >= 0.6 is 11.8 Å². The van der Waals surface area contributed by atoms with Crippen LogP contribution in [0.3, 0.4) is 0 Å². The standard InChI is InChI=1S/C11H24BNS/c1-5-14-7-6-10-11(4,8(2)12)9(3)13-10/h8-10,13H,5-7,12H2,1-4H3. The number of nitrogens with one attached hydrogen (secondary N) is 1. The minimum atomic E-state index is 0.522. The first-order chi connectivity index (χ1) is 6.53. The van der Waals surface area contributed by atoms with Gasteiger partial charge in [0.2, 0.25) is 0 Å². The minimum absolute atomic E-state index is 0.522. The van der Waals surface area contributed by atoms with Gasteiger partial charge in [-0.25, -0.2) is 0 Å². The molecule has 0 aromatic carbocycles. The molecule has 82 valence electrons. The summed E-state index contributed by atoms with van der Waals surface area (Å²) in [6.45, 7) is 9.37. The van der Waals surface area contributed by atoms with Crippen LogP contribution in [0.5, 0.6) is 0 Å². The Labute approximate surface area is 94.2 Å². The average molecular weight is 213 g/mol. The Morgan fingerprint density at radius 3 is 2.64 bits per heavy atom. The van der Waals surface area contributed by atoms with Gasteiger partial charge in [0.05, 0.1) is 0 Å². The summed E-state index contributed by atoms with van der Waals surface area (Å²) in [5.74, 6) is 3.35. The highest BCUT2D eigenvalue weighted by atomic mass is 32.2. The molecule has 1 fully saturated rings. The lowest BCUT2D eigenvalue weighted by atomic mass is 9.55. The lowest BCUT2D eigenvalue weighted by Crippen LogP contribution is -2.68. The molecular weight excluding hydrogens is 189 g/mol. The van der Waals surface area contributed by atoms with Crippen molar-refractivity contribution in [3.05, 3.63) is 0 Å². The molecule has 0 bridgehead atoms. The Morgan fingerprint density at radius 1 is 1.57 bits per heavy atom. The molecule has 1 aliphatic heterocycles. The third-order valence-electron chi connectivity index (χ3n) is 4.13. The highest BCUT2D eigenvalue weighted by Gasteiger charge is 2.49. The van der Waals surface area contributed by atoms with E-state index in [2.05, 4.69) is 52.6 Å². The first kappa shape index (κ1) is 12.4. The van der Waals surface area contributed by atoms with Crippen molar-refractivity contribution in [2.75, 3.05) is 11.5 Å². The molecule has 0 amide bonds. The molecule has 4 atom stereocenters. The summed E-state index contributed by atoms with van der Waals surface area (Å²) >= 11 is 2.06. The fourth-order valence-corrected chi connectivity index (χ4v) is 3.20. The SMILES string of the molecule is BC(C)C1(C)C(C)NC1CCSCC. The van der Waals surface area contributed by atoms with Gasteiger partial charge in [-0.3, -0.25) is 0 Å². The van der Waals surface area contributed by atoms with E-state index in [1.54, 1.807) is 0 Å². The fraction of sp³-hybridized carbons (Fsp3) is 1.00. The molecule has 4 unspecified atom stereocenters. The molecule has 1 N–H and O–H groups in total. The molecule has 1 rings (SSSR count). The van der Waals surface area contributed by atoms with E-state index in [0.29, 0.717) is 11.5 Å². The van der Waals surface area contributed by atoms with Crippen LogP contribution in [0.15, 0.2) is 0 Å². The quantitative estimate of drug-likeness (QED) is 0.553. The van der Waals surface area contributed by atoms with Gasteiger partial charge < -0.3 is 5.32 Å². The van der Waals surface area contributed by atoms with Crippen LogP contribution in [0, 0.1) is 5.41 Å². The zero-order valence-corrected chi connectivity index (χ0v) is 11.1. The minimum Gasteiger partial charge on any atom is -0.310 e. The van der Waals surface area contributed by atoms with E-state index in [1.807, 2.05) is 0 Å². The van der Waals surface area contributed by atoms with Crippen molar-refractivity contribution in [3.63, 3.8) is 0 Å². The highest BCUT2D eigenvalue weighted by Crippen LogP contribution is 2.45. The monoisotopic (exact) mass is 213 g/mol. The first-order valence-corrected chi connectivity index (χ1v) is 7.02. The Kier molecular flexibility index (Phi) is 4.39. The Balaban J connectivity index is 2.40. The molecule has 14 heavy (non-hydrogen) atoms. The van der Waals surface area contributed by atoms with Crippen LogP contribution < -0.4 is 5.32 Å². The Hall–Kier alpha value is 0.375. The number of hydrogen-bond donors (Lipinski definition) is 1. The van der Waals surface area contributed by atoms with Gasteiger partial charge in [0.15, 0.2) is 0 Å². The molecule has 0 saturated carbocycles. The maximum Gasteiger partial charge on any atom is 0.105 e. The second kappa shape index (κ2) is 4.93. The summed E-state index contributed by atoms with van der Waals surface area (Å²) < 4.78 is 0. The van der Waals surface area contributed by atoms with E-state index < -0.39 is 0 Å². The van der Waals surface area contributed by atoms with E-state index in [4.69, 9.17) is 0 Å². The summed E-state index contributed by atoms with van der Waals surface area (Å²) in [6, 6.07) is 1.44. The maximum atomic E-state index is 3.66. The van der Waals surface area contributed by atoms with E-state index in [1.165, 1.54) is 17.9 Å². The van der Waals surface area contributed by atoms with Gasteiger partial charge in [-0.05, 0) is 30.3 Å². The molecule has 0 aliphatic carbocycles. The summed E-state index contributed by atoms with van der Waals surface area (Å²) in [5, 5.41) is 3.66. The molecule has 1 heterocycles. The lowest BCUT2D eigenvalue weighted by Gasteiger charge is -2.57. The van der Waals surface area contributed by atoms with Crippen LogP contribution in [0.2, 0.25) is 5.82 Å². The van der Waals surface area contributed by atoms with Crippen molar-refractivity contribution in [1.29, 1.82) is 0 Å². The molecule has 1 aliphatic rings. The van der Waals surface area contributed by atoms with Crippen molar-refractivity contribution in [2.24, 2.45) is 5.41 Å². The number of rotatable bonds is 5. The summed E-state index contributed by atoms with van der Waals surface area (Å²) in [4.78, 5) is 0. The summed E-state index contributed by atoms with van der Waals surface area (Å²) in [7, 11) is 2.36. The zero-order chi connectivity index (χ0) is 10.8. The first-order valence-electron chi connectivity index (χ1n) is 5.87. The molecule has 0 radical (unpaired) electrons. The van der Waals surface area contributed by atoms with Crippen LogP contribution in [0.4, 0.5) is 0 Å². The Bertz CT molecular complexity index is 179. The molecule has 0 spiro atoms. The van der Waals surface area contributed by atoms with Gasteiger partial charge in [-0.1, -0.05) is 26.6 Å². The lowest BCUT2D eigenvalue weighted by molar-refractivity contribution is 0.0344. The zero-order valence-electron chi connectivity index (χ0n) is 10.3. The van der Waals surface area contributed by atoms with Crippen LogP contribution in [-0.2, 0) is 0 Å². The maximum absolute atomic E-state index is 3.66. The van der Waals surface area contributed by atoms with E-state index >= 15 is 0 Å². The topological polar surface area (TPSA) is 12.0 Å². The molecule has 0 aromatic rings. The molecule has 1 nitrogen and oxygen atoms in total. The Morgan fingerprint density at radius 2 is 2.21 bits per heavy atom. The van der Waals surface area contributed by atoms with Crippen molar-refractivity contribution < 1.29 is 0 Å². The normalized spacial score (nSPS) is 39.1. The number of thioether (sulfide) groups is 1. The van der Waals surface area contributed by atoms with Crippen molar-refractivity contribution in [1.82, 2.24) is 5.32 Å². The van der Waals surface area contributed by atoms with Crippen molar-refractivity contribution in [3.8, 4) is 0 Å². The second-order valence-electron chi connectivity index (χ2n) is 4.95. The van der Waals surface area contributed by atoms with E-state index in [0.717, 1.165) is 11.9 Å².